The molecule has 0 aliphatic carbocycles. The third kappa shape index (κ3) is 2.26. The van der Waals surface area contributed by atoms with Crippen molar-refractivity contribution in [2.24, 2.45) is 5.73 Å². The van der Waals surface area contributed by atoms with Crippen LogP contribution < -0.4 is 11.1 Å². The van der Waals surface area contributed by atoms with Crippen molar-refractivity contribution < 1.29 is 0 Å². The van der Waals surface area contributed by atoms with Crippen LogP contribution in [0.25, 0.3) is 11.4 Å². The first-order valence-electron chi connectivity index (χ1n) is 4.16. The van der Waals surface area contributed by atoms with Crippen LogP contribution in [0.2, 0.25) is 0 Å². The molecule has 0 saturated heterocycles. The number of nitrogens with two attached hydrogens (primary N) is 1. The lowest BCUT2D eigenvalue weighted by molar-refractivity contribution is 0.881. The summed E-state index contributed by atoms with van der Waals surface area (Å²) in [6.07, 6.45) is 0. The Morgan fingerprint density at radius 2 is 2.07 bits per heavy atom. The normalized spacial score (nSPS) is 9.87. The number of H-pyrrole nitrogens is 1. The molecule has 76 valence electrons. The maximum atomic E-state index is 5.34. The number of nitrogens with one attached hydrogen (secondary N) is 2. The second kappa shape index (κ2) is 4.01. The maximum absolute atomic E-state index is 5.34. The lowest BCUT2D eigenvalue weighted by atomic mass is 10.2. The van der Waals surface area contributed by atoms with E-state index in [1.165, 1.54) is 0 Å². The minimum Gasteiger partial charge on any atom is -0.376 e. The zero-order valence-electron chi connectivity index (χ0n) is 7.64. The summed E-state index contributed by atoms with van der Waals surface area (Å²) in [7, 11) is 0. The van der Waals surface area contributed by atoms with Gasteiger partial charge in [0.05, 0.1) is 0 Å². The molecule has 1 heterocycles. The molecule has 2 rings (SSSR count). The van der Waals surface area contributed by atoms with E-state index in [9.17, 15) is 0 Å². The minimum absolute atomic E-state index is 0.238. The van der Waals surface area contributed by atoms with Crippen LogP contribution in [0.15, 0.2) is 24.3 Å². The predicted octanol–water partition coefficient (Wildman–Crippen LogP) is 0.522. The number of nitrogens with zero attached hydrogens (tertiary/aromatic N) is 3. The first-order valence-corrected chi connectivity index (χ1v) is 4.57. The van der Waals surface area contributed by atoms with Crippen molar-refractivity contribution in [1.29, 1.82) is 0 Å². The van der Waals surface area contributed by atoms with E-state index >= 15 is 0 Å². The van der Waals surface area contributed by atoms with Gasteiger partial charge < -0.3 is 11.1 Å². The molecule has 15 heavy (non-hydrogen) atoms. The van der Waals surface area contributed by atoms with Gasteiger partial charge in [-0.2, -0.15) is 5.21 Å². The summed E-state index contributed by atoms with van der Waals surface area (Å²) < 4.78 is 0. The number of anilines is 1. The molecule has 0 atom stereocenters. The summed E-state index contributed by atoms with van der Waals surface area (Å²) in [6, 6.07) is 7.38. The molecule has 0 aliphatic heterocycles. The van der Waals surface area contributed by atoms with Gasteiger partial charge in [-0.15, -0.1) is 10.2 Å². The second-order valence-electron chi connectivity index (χ2n) is 2.80. The molecule has 0 unspecified atom stereocenters. The molecule has 0 spiro atoms. The number of aromatic nitrogens is 4. The molecule has 0 bridgehead atoms. The lowest BCUT2D eigenvalue weighted by Crippen LogP contribution is -2.18. The Kier molecular flexibility index (Phi) is 2.55. The van der Waals surface area contributed by atoms with E-state index in [1.54, 1.807) is 0 Å². The van der Waals surface area contributed by atoms with E-state index < -0.39 is 0 Å². The Bertz CT molecular complexity index is 448. The van der Waals surface area contributed by atoms with Gasteiger partial charge in [0, 0.05) is 11.3 Å². The van der Waals surface area contributed by atoms with Gasteiger partial charge in [-0.1, -0.05) is 0 Å². The monoisotopic (exact) mass is 220 g/mol. The molecule has 0 amide bonds. The highest BCUT2D eigenvalue weighted by molar-refractivity contribution is 7.80. The van der Waals surface area contributed by atoms with Crippen LogP contribution in [0.4, 0.5) is 5.69 Å². The van der Waals surface area contributed by atoms with Crippen LogP contribution in [-0.4, -0.2) is 25.7 Å². The Labute approximate surface area is 90.9 Å². The third-order valence-electron chi connectivity index (χ3n) is 1.76. The predicted molar refractivity (Wildman–Crippen MR) is 60.0 cm³/mol. The van der Waals surface area contributed by atoms with Gasteiger partial charge in [-0.3, -0.25) is 0 Å². The molecular formula is C8H8N6S. The fourth-order valence-corrected chi connectivity index (χ4v) is 1.25. The van der Waals surface area contributed by atoms with Crippen LogP contribution in [0.3, 0.4) is 0 Å². The van der Waals surface area contributed by atoms with Gasteiger partial charge in [0.2, 0.25) is 5.82 Å². The highest BCUT2D eigenvalue weighted by Crippen LogP contribution is 2.16. The van der Waals surface area contributed by atoms with E-state index in [0.29, 0.717) is 5.82 Å². The number of thiocarbonyl (C=S) groups is 1. The van der Waals surface area contributed by atoms with Gasteiger partial charge in [0.1, 0.15) is 0 Å². The Morgan fingerprint density at radius 3 is 2.60 bits per heavy atom. The standard InChI is InChI=1S/C8H8N6S/c9-8(15)10-6-3-1-5(2-4-6)7-11-13-14-12-7/h1-4H,(H3,9,10,15)(H,11,12,13,14). The van der Waals surface area contributed by atoms with Crippen LogP contribution in [-0.2, 0) is 0 Å². The van der Waals surface area contributed by atoms with Gasteiger partial charge >= 0.3 is 0 Å². The van der Waals surface area contributed by atoms with Crippen molar-refractivity contribution in [3.8, 4) is 11.4 Å². The summed E-state index contributed by atoms with van der Waals surface area (Å²) >= 11 is 4.72. The SMILES string of the molecule is NC(=S)Nc1ccc(-c2nn[nH]n2)cc1. The van der Waals surface area contributed by atoms with Crippen LogP contribution >= 0.6 is 12.2 Å². The number of benzene rings is 1. The Hall–Kier alpha value is -2.02. The first kappa shape index (κ1) is 9.53. The molecule has 7 heteroatoms. The maximum Gasteiger partial charge on any atom is 0.204 e. The molecule has 0 radical (unpaired) electrons. The molecule has 1 aromatic carbocycles. The molecule has 0 fully saturated rings. The van der Waals surface area contributed by atoms with E-state index in [4.69, 9.17) is 18.0 Å². The van der Waals surface area contributed by atoms with Gasteiger partial charge in [-0.25, -0.2) is 0 Å². The van der Waals surface area contributed by atoms with Crippen LogP contribution in [0, 0.1) is 0 Å². The van der Waals surface area contributed by atoms with Crippen LogP contribution in [0.1, 0.15) is 0 Å². The molecule has 0 saturated carbocycles. The van der Waals surface area contributed by atoms with E-state index in [2.05, 4.69) is 25.9 Å². The van der Waals surface area contributed by atoms with Crippen molar-refractivity contribution in [3.63, 3.8) is 0 Å². The van der Waals surface area contributed by atoms with Crippen LogP contribution in [0.5, 0.6) is 0 Å². The van der Waals surface area contributed by atoms with E-state index in [1.807, 2.05) is 24.3 Å². The minimum atomic E-state index is 0.238. The largest absolute Gasteiger partial charge is 0.376 e. The van der Waals surface area contributed by atoms with Gasteiger partial charge in [0.15, 0.2) is 5.11 Å². The van der Waals surface area contributed by atoms with Crippen molar-refractivity contribution in [2.45, 2.75) is 0 Å². The number of hydrogen-bond acceptors (Lipinski definition) is 4. The molecule has 2 aromatic rings. The second-order valence-corrected chi connectivity index (χ2v) is 3.24. The smallest absolute Gasteiger partial charge is 0.204 e. The molecule has 4 N–H and O–H groups in total. The van der Waals surface area contributed by atoms with Gasteiger partial charge in [0.25, 0.3) is 0 Å². The molecular weight excluding hydrogens is 212 g/mol. The average molecular weight is 220 g/mol. The van der Waals surface area contributed by atoms with Gasteiger partial charge in [-0.05, 0) is 41.7 Å². The zero-order chi connectivity index (χ0) is 10.7. The quantitative estimate of drug-likeness (QED) is 0.639. The summed E-state index contributed by atoms with van der Waals surface area (Å²) in [5.41, 5.74) is 7.04. The molecule has 6 nitrogen and oxygen atoms in total. The average Bonchev–Trinajstić information content (AvgIpc) is 2.71. The fraction of sp³-hybridized carbons (Fsp3) is 0. The Morgan fingerprint density at radius 1 is 1.33 bits per heavy atom. The third-order valence-corrected chi connectivity index (χ3v) is 1.86. The number of rotatable bonds is 2. The highest BCUT2D eigenvalue weighted by Gasteiger charge is 2.01. The summed E-state index contributed by atoms with van der Waals surface area (Å²) in [5, 5.41) is 16.6. The molecule has 0 aliphatic rings. The number of aromatic amines is 1. The number of hydrogen-bond donors (Lipinski definition) is 3. The summed E-state index contributed by atoms with van der Waals surface area (Å²) in [4.78, 5) is 0. The summed E-state index contributed by atoms with van der Waals surface area (Å²) in [6.45, 7) is 0. The van der Waals surface area contributed by atoms with Crippen molar-refractivity contribution in [2.75, 3.05) is 5.32 Å². The summed E-state index contributed by atoms with van der Waals surface area (Å²) in [5.74, 6) is 0.553. The van der Waals surface area contributed by atoms with Crippen molar-refractivity contribution in [3.05, 3.63) is 24.3 Å². The Balaban J connectivity index is 2.21. The van der Waals surface area contributed by atoms with Crippen molar-refractivity contribution in [1.82, 2.24) is 20.6 Å². The first-order chi connectivity index (χ1) is 7.25. The topological polar surface area (TPSA) is 92.5 Å². The van der Waals surface area contributed by atoms with E-state index in [0.717, 1.165) is 11.3 Å². The van der Waals surface area contributed by atoms with Crippen molar-refractivity contribution >= 4 is 23.0 Å². The fourth-order valence-electron chi connectivity index (χ4n) is 1.13. The van der Waals surface area contributed by atoms with E-state index in [-0.39, 0.29) is 5.11 Å². The highest BCUT2D eigenvalue weighted by atomic mass is 32.1. The lowest BCUT2D eigenvalue weighted by Gasteiger charge is -2.03. The zero-order valence-corrected chi connectivity index (χ0v) is 8.45. The molecule has 1 aromatic heterocycles. The number of tetrazole rings is 1.